The van der Waals surface area contributed by atoms with Crippen LogP contribution in [0, 0.1) is 11.3 Å². The molecule has 1 aromatic heterocycles. The Labute approximate surface area is 224 Å². The van der Waals surface area contributed by atoms with E-state index in [1.165, 1.54) is 4.90 Å². The lowest BCUT2D eigenvalue weighted by Crippen LogP contribution is -2.63. The normalized spacial score (nSPS) is 25.3. The number of urea groups is 1. The molecule has 3 saturated heterocycles. The van der Waals surface area contributed by atoms with Gasteiger partial charge in [0.05, 0.1) is 35.8 Å². The highest BCUT2D eigenvalue weighted by Gasteiger charge is 2.73. The predicted octanol–water partition coefficient (Wildman–Crippen LogP) is 3.81. The molecule has 190 valence electrons. The van der Waals surface area contributed by atoms with Crippen LogP contribution in [0.3, 0.4) is 0 Å². The van der Waals surface area contributed by atoms with Crippen molar-refractivity contribution in [3.63, 3.8) is 0 Å². The monoisotopic (exact) mass is 514 g/mol. The van der Waals surface area contributed by atoms with Gasteiger partial charge in [-0.25, -0.2) is 14.2 Å². The number of aromatic nitrogens is 1. The molecule has 4 heterocycles. The SMILES string of the molecule is N#Cc1ccc(N2C(=O)C3CN4CC(C(=O)C(c5ccccc5)c5ccccc5)[N+]3(C4)C2=O)c2cccnc12. The summed E-state index contributed by atoms with van der Waals surface area (Å²) in [6.07, 6.45) is 1.58. The molecule has 0 radical (unpaired) electrons. The largest absolute Gasteiger partial charge is 0.433 e. The van der Waals surface area contributed by atoms with Gasteiger partial charge < -0.3 is 0 Å². The number of fused-ring (bicyclic) bond motifs is 2. The number of pyridine rings is 1. The molecular weight excluding hydrogens is 490 g/mol. The van der Waals surface area contributed by atoms with Crippen molar-refractivity contribution in [2.24, 2.45) is 0 Å². The van der Waals surface area contributed by atoms with E-state index in [9.17, 15) is 19.6 Å². The summed E-state index contributed by atoms with van der Waals surface area (Å²) in [5.41, 5.74) is 2.94. The number of nitriles is 1. The van der Waals surface area contributed by atoms with Gasteiger partial charge in [0.25, 0.3) is 5.91 Å². The minimum Gasteiger partial charge on any atom is -0.292 e. The number of quaternary nitrogens is 1. The van der Waals surface area contributed by atoms with Crippen molar-refractivity contribution in [2.75, 3.05) is 24.7 Å². The van der Waals surface area contributed by atoms with E-state index in [1.807, 2.05) is 60.7 Å². The molecule has 3 aliphatic rings. The molecule has 0 aliphatic carbocycles. The molecule has 3 fully saturated rings. The van der Waals surface area contributed by atoms with Crippen LogP contribution in [-0.4, -0.2) is 63.9 Å². The van der Waals surface area contributed by atoms with Gasteiger partial charge in [-0.3, -0.25) is 14.6 Å². The van der Waals surface area contributed by atoms with Gasteiger partial charge in [0, 0.05) is 11.6 Å². The standard InChI is InChI=1S/C31H24N5O3/c32-16-22-13-14-24(23-12-7-15-33-28(22)23)35-30(38)26-18-34-17-25(36(26,19-34)31(35)39)29(37)27(20-8-3-1-4-9-20)21-10-5-2-6-11-21/h1-15,25-27H,17-19H2/q+1. The maximum atomic E-state index is 14.5. The average Bonchev–Trinajstić information content (AvgIpc) is 3.62. The van der Waals surface area contributed by atoms with Gasteiger partial charge in [-0.2, -0.15) is 10.2 Å². The fourth-order valence-corrected chi connectivity index (χ4v) is 6.73. The molecule has 8 heteroatoms. The number of nitrogens with zero attached hydrogens (tertiary/aromatic N) is 5. The van der Waals surface area contributed by atoms with E-state index in [-0.39, 0.29) is 16.2 Å². The van der Waals surface area contributed by atoms with Crippen LogP contribution in [0.1, 0.15) is 22.6 Å². The Balaban J connectivity index is 1.33. The second-order valence-electron chi connectivity index (χ2n) is 10.4. The van der Waals surface area contributed by atoms with Crippen LogP contribution in [0.15, 0.2) is 91.1 Å². The van der Waals surface area contributed by atoms with Crippen LogP contribution in [0.4, 0.5) is 10.5 Å². The molecule has 0 N–H and O–H groups in total. The molecule has 0 saturated carbocycles. The van der Waals surface area contributed by atoms with Crippen molar-refractivity contribution in [3.8, 4) is 6.07 Å². The number of hydrogen-bond acceptors (Lipinski definition) is 6. The Kier molecular flexibility index (Phi) is 5.20. The third-order valence-corrected chi connectivity index (χ3v) is 8.45. The Bertz CT molecular complexity index is 1660. The smallest absolute Gasteiger partial charge is 0.292 e. The van der Waals surface area contributed by atoms with Crippen molar-refractivity contribution in [1.82, 2.24) is 9.88 Å². The van der Waals surface area contributed by atoms with E-state index in [4.69, 9.17) is 0 Å². The Morgan fingerprint density at radius 2 is 1.62 bits per heavy atom. The third kappa shape index (κ3) is 3.24. The molecule has 7 rings (SSSR count). The quantitative estimate of drug-likeness (QED) is 0.297. The second-order valence-corrected chi connectivity index (χ2v) is 10.4. The average molecular weight is 515 g/mol. The first-order valence-electron chi connectivity index (χ1n) is 12.9. The van der Waals surface area contributed by atoms with E-state index >= 15 is 0 Å². The maximum Gasteiger partial charge on any atom is 0.433 e. The Morgan fingerprint density at radius 3 is 2.28 bits per heavy atom. The number of benzene rings is 3. The summed E-state index contributed by atoms with van der Waals surface area (Å²) < 4.78 is -0.213. The number of anilines is 1. The fraction of sp³-hybridized carbons (Fsp3) is 0.194. The number of Topliss-reactive ketones (excluding diaryl/α,β-unsaturated/α-hetero) is 1. The molecule has 3 amide bonds. The van der Waals surface area contributed by atoms with Crippen LogP contribution < -0.4 is 4.90 Å². The van der Waals surface area contributed by atoms with Crippen molar-refractivity contribution < 1.29 is 18.9 Å². The van der Waals surface area contributed by atoms with Crippen LogP contribution in [0.25, 0.3) is 10.9 Å². The zero-order valence-electron chi connectivity index (χ0n) is 21.0. The Morgan fingerprint density at radius 1 is 0.923 bits per heavy atom. The van der Waals surface area contributed by atoms with Gasteiger partial charge in [-0.1, -0.05) is 60.7 Å². The Hall–Kier alpha value is -4.71. The van der Waals surface area contributed by atoms with Gasteiger partial charge in [0.1, 0.15) is 12.7 Å². The summed E-state index contributed by atoms with van der Waals surface area (Å²) in [5, 5.41) is 10.1. The van der Waals surface area contributed by atoms with Crippen LogP contribution in [-0.2, 0) is 9.59 Å². The highest BCUT2D eigenvalue weighted by atomic mass is 16.2. The first-order chi connectivity index (χ1) is 19.0. The van der Waals surface area contributed by atoms with Crippen molar-refractivity contribution in [3.05, 3.63) is 108 Å². The molecule has 4 aromatic rings. The predicted molar refractivity (Wildman–Crippen MR) is 143 cm³/mol. The molecule has 39 heavy (non-hydrogen) atoms. The van der Waals surface area contributed by atoms with E-state index in [0.717, 1.165) is 11.1 Å². The molecule has 8 nitrogen and oxygen atoms in total. The van der Waals surface area contributed by atoms with Crippen LogP contribution >= 0.6 is 0 Å². The molecule has 4 atom stereocenters. The second kappa shape index (κ2) is 8.67. The van der Waals surface area contributed by atoms with Gasteiger partial charge in [-0.15, -0.1) is 0 Å². The van der Waals surface area contributed by atoms with E-state index in [0.29, 0.717) is 41.9 Å². The lowest BCUT2D eigenvalue weighted by Gasteiger charge is -2.34. The first-order valence-corrected chi connectivity index (χ1v) is 12.9. The molecule has 1 spiro atoms. The minimum atomic E-state index is -0.682. The van der Waals surface area contributed by atoms with E-state index < -0.39 is 24.0 Å². The number of ketones is 1. The number of imide groups is 1. The number of rotatable bonds is 5. The van der Waals surface area contributed by atoms with E-state index in [1.54, 1.807) is 30.5 Å². The third-order valence-electron chi connectivity index (χ3n) is 8.45. The highest BCUT2D eigenvalue weighted by molar-refractivity contribution is 6.22. The fourth-order valence-electron chi connectivity index (χ4n) is 6.73. The molecular formula is C31H24N5O3+. The molecule has 2 bridgehead atoms. The highest BCUT2D eigenvalue weighted by Crippen LogP contribution is 2.46. The van der Waals surface area contributed by atoms with Gasteiger partial charge in [0.15, 0.2) is 12.1 Å². The lowest BCUT2D eigenvalue weighted by molar-refractivity contribution is -0.853. The molecule has 4 unspecified atom stereocenters. The van der Waals surface area contributed by atoms with Crippen molar-refractivity contribution in [1.29, 1.82) is 5.26 Å². The number of amides is 3. The number of carbonyl (C=O) groups excluding carboxylic acids is 3. The first kappa shape index (κ1) is 23.4. The summed E-state index contributed by atoms with van der Waals surface area (Å²) in [6, 6.07) is 26.4. The summed E-state index contributed by atoms with van der Waals surface area (Å²) in [6.45, 7) is 1.18. The molecule has 3 aliphatic heterocycles. The lowest BCUT2D eigenvalue weighted by atomic mass is 9.83. The summed E-state index contributed by atoms with van der Waals surface area (Å²) in [7, 11) is 0. The number of carbonyl (C=O) groups is 3. The van der Waals surface area contributed by atoms with E-state index in [2.05, 4.69) is 16.0 Å². The summed E-state index contributed by atoms with van der Waals surface area (Å²) in [4.78, 5) is 50.5. The zero-order chi connectivity index (χ0) is 26.7. The minimum absolute atomic E-state index is 0.0612. The van der Waals surface area contributed by atoms with Crippen LogP contribution in [0.5, 0.6) is 0 Å². The number of piperazine rings is 1. The topological polar surface area (TPSA) is 94.4 Å². The van der Waals surface area contributed by atoms with Crippen molar-refractivity contribution in [2.45, 2.75) is 18.0 Å². The summed E-state index contributed by atoms with van der Waals surface area (Å²) >= 11 is 0. The zero-order valence-corrected chi connectivity index (χ0v) is 21.0. The van der Waals surface area contributed by atoms with Crippen molar-refractivity contribution >= 4 is 34.3 Å². The van der Waals surface area contributed by atoms with Gasteiger partial charge >= 0.3 is 6.03 Å². The maximum absolute atomic E-state index is 14.5. The van der Waals surface area contributed by atoms with Crippen LogP contribution in [0.2, 0.25) is 0 Å². The molecule has 3 aromatic carbocycles. The van der Waals surface area contributed by atoms with Gasteiger partial charge in [-0.05, 0) is 35.4 Å². The van der Waals surface area contributed by atoms with Gasteiger partial charge in [0.2, 0.25) is 5.78 Å². The number of hydrogen-bond donors (Lipinski definition) is 0. The summed E-state index contributed by atoms with van der Waals surface area (Å²) in [5.74, 6) is -0.928.